The summed E-state index contributed by atoms with van der Waals surface area (Å²) in [6.07, 6.45) is 1.73. The molecule has 234 valence electrons. The van der Waals surface area contributed by atoms with Crippen LogP contribution in [0.25, 0.3) is 6.08 Å². The summed E-state index contributed by atoms with van der Waals surface area (Å²) in [5, 5.41) is 0.965. The molecule has 0 saturated heterocycles. The van der Waals surface area contributed by atoms with Crippen molar-refractivity contribution in [2.45, 2.75) is 46.4 Å². The number of hydrogen-bond acceptors (Lipinski definition) is 7. The van der Waals surface area contributed by atoms with Crippen molar-refractivity contribution >= 4 is 91.8 Å². The van der Waals surface area contributed by atoms with Gasteiger partial charge in [-0.2, -0.15) is 0 Å². The average molecular weight is 889 g/mol. The van der Waals surface area contributed by atoms with Crippen molar-refractivity contribution in [3.8, 4) is 11.5 Å². The van der Waals surface area contributed by atoms with Crippen LogP contribution in [0.4, 0.5) is 0 Å². The van der Waals surface area contributed by atoms with E-state index in [0.29, 0.717) is 48.6 Å². The van der Waals surface area contributed by atoms with Crippen molar-refractivity contribution in [3.63, 3.8) is 0 Å². The van der Waals surface area contributed by atoms with Gasteiger partial charge in [-0.05, 0) is 120 Å². The number of thiazole rings is 1. The van der Waals surface area contributed by atoms with Crippen molar-refractivity contribution in [1.82, 2.24) is 4.57 Å². The number of nitrogens with zero attached hydrogens (tertiary/aromatic N) is 2. The third-order valence-corrected chi connectivity index (χ3v) is 10.1. The van der Waals surface area contributed by atoms with Crippen LogP contribution in [0.5, 0.6) is 11.5 Å². The Morgan fingerprint density at radius 3 is 2.47 bits per heavy atom. The van der Waals surface area contributed by atoms with E-state index in [0.717, 1.165) is 24.0 Å². The number of benzene rings is 3. The SMILES string of the molecule is CCOC(=O)C1=C(C)N=c2s/c(=C\c3cc(I)c(OCc4ccc(Cl)c(Cl)c4)c(I)c3)c(=O)n2[C@H]1c1ccccc1OC(C)C. The summed E-state index contributed by atoms with van der Waals surface area (Å²) in [4.78, 5) is 32.6. The fraction of sp³-hybridized carbons (Fsp3) is 0.242. The molecule has 3 aromatic carbocycles. The number of para-hydroxylation sites is 1. The van der Waals surface area contributed by atoms with Gasteiger partial charge in [0.2, 0.25) is 0 Å². The Labute approximate surface area is 301 Å². The number of carbonyl (C=O) groups is 1. The normalized spacial score (nSPS) is 14.8. The van der Waals surface area contributed by atoms with Crippen LogP contribution in [0.1, 0.15) is 50.4 Å². The highest BCUT2D eigenvalue weighted by atomic mass is 127. The van der Waals surface area contributed by atoms with E-state index in [2.05, 4.69) is 45.2 Å². The number of fused-ring (bicyclic) bond motifs is 1. The maximum atomic E-state index is 14.1. The number of hydrogen-bond donors (Lipinski definition) is 0. The van der Waals surface area contributed by atoms with Crippen LogP contribution in [0.2, 0.25) is 10.0 Å². The molecule has 4 aromatic rings. The van der Waals surface area contributed by atoms with E-state index in [1.54, 1.807) is 30.5 Å². The minimum Gasteiger partial charge on any atom is -0.491 e. The zero-order valence-electron chi connectivity index (χ0n) is 24.7. The van der Waals surface area contributed by atoms with Gasteiger partial charge in [0.15, 0.2) is 4.80 Å². The minimum absolute atomic E-state index is 0.112. The van der Waals surface area contributed by atoms with Gasteiger partial charge in [-0.3, -0.25) is 9.36 Å². The molecule has 0 bridgehead atoms. The Morgan fingerprint density at radius 2 is 1.80 bits per heavy atom. The monoisotopic (exact) mass is 888 g/mol. The molecular formula is C33H28Cl2I2N2O5S. The molecule has 5 rings (SSSR count). The van der Waals surface area contributed by atoms with Gasteiger partial charge >= 0.3 is 5.97 Å². The van der Waals surface area contributed by atoms with Gasteiger partial charge in [0.25, 0.3) is 5.56 Å². The highest BCUT2D eigenvalue weighted by Gasteiger charge is 2.35. The second-order valence-electron chi connectivity index (χ2n) is 10.4. The Kier molecular flexibility index (Phi) is 11.0. The van der Waals surface area contributed by atoms with Gasteiger partial charge in [0, 0.05) is 5.56 Å². The summed E-state index contributed by atoms with van der Waals surface area (Å²) in [6, 6.07) is 16.0. The molecule has 0 amide bonds. The van der Waals surface area contributed by atoms with Crippen LogP contribution in [-0.2, 0) is 16.1 Å². The van der Waals surface area contributed by atoms with Crippen molar-refractivity contribution < 1.29 is 19.0 Å². The summed E-state index contributed by atoms with van der Waals surface area (Å²) in [5.74, 6) is 0.805. The second-order valence-corrected chi connectivity index (χ2v) is 14.5. The largest absolute Gasteiger partial charge is 0.491 e. The molecule has 1 aliphatic rings. The Balaban J connectivity index is 1.57. The first-order chi connectivity index (χ1) is 21.5. The highest BCUT2D eigenvalue weighted by Crippen LogP contribution is 2.36. The topological polar surface area (TPSA) is 79.1 Å². The van der Waals surface area contributed by atoms with Crippen LogP contribution in [0, 0.1) is 7.14 Å². The van der Waals surface area contributed by atoms with Gasteiger partial charge in [0.05, 0.1) is 45.7 Å². The number of rotatable bonds is 9. The van der Waals surface area contributed by atoms with Gasteiger partial charge in [-0.25, -0.2) is 9.79 Å². The highest BCUT2D eigenvalue weighted by molar-refractivity contribution is 14.1. The van der Waals surface area contributed by atoms with E-state index in [1.165, 1.54) is 11.3 Å². The maximum Gasteiger partial charge on any atom is 0.338 e. The Hall–Kier alpha value is -2.39. The molecule has 1 atom stereocenters. The number of aromatic nitrogens is 1. The van der Waals surface area contributed by atoms with Crippen LogP contribution in [0.3, 0.4) is 0 Å². The number of ether oxygens (including phenoxy) is 3. The first kappa shape index (κ1) is 34.0. The van der Waals surface area contributed by atoms with Crippen LogP contribution < -0.4 is 24.4 Å². The van der Waals surface area contributed by atoms with Crippen LogP contribution >= 0.6 is 79.7 Å². The summed E-state index contributed by atoms with van der Waals surface area (Å²) in [6.45, 7) is 7.90. The fourth-order valence-corrected chi connectivity index (χ4v) is 8.39. The van der Waals surface area contributed by atoms with Gasteiger partial charge in [-0.15, -0.1) is 0 Å². The fourth-order valence-electron chi connectivity index (χ4n) is 4.89. The molecule has 12 heteroatoms. The number of halogens is 4. The lowest BCUT2D eigenvalue weighted by atomic mass is 9.95. The van der Waals surface area contributed by atoms with Crippen molar-refractivity contribution in [1.29, 1.82) is 0 Å². The first-order valence-corrected chi connectivity index (χ1v) is 17.7. The van der Waals surface area contributed by atoms with E-state index in [4.69, 9.17) is 42.4 Å². The molecule has 0 unspecified atom stereocenters. The smallest absolute Gasteiger partial charge is 0.338 e. The van der Waals surface area contributed by atoms with Crippen molar-refractivity contribution in [2.24, 2.45) is 4.99 Å². The summed E-state index contributed by atoms with van der Waals surface area (Å²) >= 11 is 17.9. The quantitative estimate of drug-likeness (QED) is 0.127. The van der Waals surface area contributed by atoms with Crippen LogP contribution in [0.15, 0.2) is 75.7 Å². The van der Waals surface area contributed by atoms with E-state index >= 15 is 0 Å². The minimum atomic E-state index is -0.769. The number of allylic oxidation sites excluding steroid dienone is 1. The number of esters is 1. The lowest BCUT2D eigenvalue weighted by molar-refractivity contribution is -0.139. The summed E-state index contributed by atoms with van der Waals surface area (Å²) in [7, 11) is 0. The predicted octanol–water partition coefficient (Wildman–Crippen LogP) is 7.68. The van der Waals surface area contributed by atoms with E-state index in [9.17, 15) is 9.59 Å². The first-order valence-electron chi connectivity index (χ1n) is 14.0. The predicted molar refractivity (Wildman–Crippen MR) is 195 cm³/mol. The van der Waals surface area contributed by atoms with Gasteiger partial charge in [0.1, 0.15) is 24.1 Å². The molecule has 2 heterocycles. The maximum absolute atomic E-state index is 14.1. The molecular weight excluding hydrogens is 861 g/mol. The molecule has 0 saturated carbocycles. The lowest BCUT2D eigenvalue weighted by Gasteiger charge is -2.26. The molecule has 1 aromatic heterocycles. The molecule has 7 nitrogen and oxygen atoms in total. The molecule has 0 spiro atoms. The van der Waals surface area contributed by atoms with Gasteiger partial charge < -0.3 is 14.2 Å². The number of carbonyl (C=O) groups excluding carboxylic acids is 1. The Morgan fingerprint density at radius 1 is 1.09 bits per heavy atom. The van der Waals surface area contributed by atoms with Gasteiger partial charge in [-0.1, -0.05) is 58.8 Å². The summed E-state index contributed by atoms with van der Waals surface area (Å²) < 4.78 is 21.5. The average Bonchev–Trinajstić information content (AvgIpc) is 3.27. The molecule has 0 fully saturated rings. The van der Waals surface area contributed by atoms with E-state index in [-0.39, 0.29) is 18.3 Å². The second kappa shape index (κ2) is 14.6. The third kappa shape index (κ3) is 7.45. The zero-order valence-corrected chi connectivity index (χ0v) is 31.3. The van der Waals surface area contributed by atoms with Crippen LogP contribution in [-0.4, -0.2) is 23.2 Å². The molecule has 0 aliphatic carbocycles. The molecule has 1 aliphatic heterocycles. The molecule has 0 radical (unpaired) electrons. The molecule has 0 N–H and O–H groups in total. The molecule has 45 heavy (non-hydrogen) atoms. The van der Waals surface area contributed by atoms with Crippen molar-refractivity contribution in [3.05, 3.63) is 119 Å². The standard InChI is InChI=1S/C33H28Cl2I2N2O5S/c1-5-42-32(41)28-18(4)38-33-39(29(28)21-8-6-7-9-26(21)44-17(2)3)31(40)27(45-33)15-20-13-24(36)30(25(37)14-20)43-16-19-10-11-22(34)23(35)12-19/h6-15,17,29H,5,16H2,1-4H3/b27-15-/t29-/m0/s1. The van der Waals surface area contributed by atoms with E-state index < -0.39 is 12.0 Å². The third-order valence-electron chi connectivity index (χ3n) is 6.78. The summed E-state index contributed by atoms with van der Waals surface area (Å²) in [5.41, 5.74) is 2.96. The Bertz CT molecular complexity index is 1980. The lowest BCUT2D eigenvalue weighted by Crippen LogP contribution is -2.40. The van der Waals surface area contributed by atoms with E-state index in [1.807, 2.05) is 62.4 Å². The van der Waals surface area contributed by atoms with Crippen molar-refractivity contribution in [2.75, 3.05) is 6.61 Å². The zero-order chi connectivity index (χ0) is 32.4.